The number of nitrogens with one attached hydrogen (secondary N) is 1. The number of hydrogen-bond donors (Lipinski definition) is 2. The number of nitrogens with zero attached hydrogens (tertiary/aromatic N) is 1. The highest BCUT2D eigenvalue weighted by molar-refractivity contribution is 6.38. The SMILES string of the molecule is CCc1c(C)nc2c(OC)cc(OC)c(Cl)c2c1NN. The Kier molecular flexibility index (Phi) is 4.20. The Labute approximate surface area is 123 Å². The first-order valence-electron chi connectivity index (χ1n) is 6.29. The van der Waals surface area contributed by atoms with Crippen LogP contribution in [0.5, 0.6) is 11.5 Å². The van der Waals surface area contributed by atoms with E-state index in [4.69, 9.17) is 26.9 Å². The van der Waals surface area contributed by atoms with Crippen molar-refractivity contribution in [1.29, 1.82) is 0 Å². The van der Waals surface area contributed by atoms with Gasteiger partial charge in [0.2, 0.25) is 0 Å². The fourth-order valence-electron chi connectivity index (χ4n) is 2.40. The number of aromatic nitrogens is 1. The van der Waals surface area contributed by atoms with Crippen molar-refractivity contribution in [3.05, 3.63) is 22.3 Å². The number of hydrogen-bond acceptors (Lipinski definition) is 5. The van der Waals surface area contributed by atoms with Crippen molar-refractivity contribution >= 4 is 28.2 Å². The standard InChI is InChI=1S/C14H18ClN3O2/c1-5-8-7(2)17-14-10(20-4)6-9(19-3)12(15)11(14)13(8)18-16/h6H,5,16H2,1-4H3,(H,17,18). The van der Waals surface area contributed by atoms with Crippen LogP contribution in [-0.4, -0.2) is 19.2 Å². The van der Waals surface area contributed by atoms with Crippen LogP contribution in [0.15, 0.2) is 6.07 Å². The Morgan fingerprint density at radius 1 is 1.30 bits per heavy atom. The van der Waals surface area contributed by atoms with Crippen LogP contribution in [0.2, 0.25) is 5.02 Å². The van der Waals surface area contributed by atoms with E-state index >= 15 is 0 Å². The molecular weight excluding hydrogens is 278 g/mol. The van der Waals surface area contributed by atoms with Crippen LogP contribution < -0.4 is 20.7 Å². The fourth-order valence-corrected chi connectivity index (χ4v) is 2.72. The van der Waals surface area contributed by atoms with Crippen LogP contribution in [0.4, 0.5) is 5.69 Å². The number of benzene rings is 1. The van der Waals surface area contributed by atoms with Gasteiger partial charge < -0.3 is 14.9 Å². The summed E-state index contributed by atoms with van der Waals surface area (Å²) in [7, 11) is 3.15. The Morgan fingerprint density at radius 2 is 1.95 bits per heavy atom. The van der Waals surface area contributed by atoms with Gasteiger partial charge in [0, 0.05) is 11.8 Å². The lowest BCUT2D eigenvalue weighted by molar-refractivity contribution is 0.397. The summed E-state index contributed by atoms with van der Waals surface area (Å²) in [5.41, 5.74) is 6.09. The van der Waals surface area contributed by atoms with E-state index in [2.05, 4.69) is 10.4 Å². The highest BCUT2D eigenvalue weighted by Crippen LogP contribution is 2.43. The Hall–Kier alpha value is -1.72. The van der Waals surface area contributed by atoms with Gasteiger partial charge in [0.25, 0.3) is 0 Å². The highest BCUT2D eigenvalue weighted by Gasteiger charge is 2.20. The normalized spacial score (nSPS) is 10.7. The predicted octanol–water partition coefficient (Wildman–Crippen LogP) is 3.06. The lowest BCUT2D eigenvalue weighted by Gasteiger charge is -2.17. The number of methoxy groups -OCH3 is 2. The summed E-state index contributed by atoms with van der Waals surface area (Å²) >= 11 is 6.42. The van der Waals surface area contributed by atoms with E-state index in [1.807, 2.05) is 13.8 Å². The zero-order chi connectivity index (χ0) is 14.9. The smallest absolute Gasteiger partial charge is 0.148 e. The molecule has 20 heavy (non-hydrogen) atoms. The zero-order valence-electron chi connectivity index (χ0n) is 12.0. The molecule has 2 rings (SSSR count). The van der Waals surface area contributed by atoms with Gasteiger partial charge in [-0.25, -0.2) is 4.98 Å². The molecule has 0 saturated carbocycles. The van der Waals surface area contributed by atoms with Gasteiger partial charge in [-0.15, -0.1) is 0 Å². The van der Waals surface area contributed by atoms with Crippen LogP contribution in [0.1, 0.15) is 18.2 Å². The molecule has 0 radical (unpaired) electrons. The van der Waals surface area contributed by atoms with E-state index in [1.165, 1.54) is 0 Å². The van der Waals surface area contributed by atoms with Crippen LogP contribution in [0, 0.1) is 6.92 Å². The Morgan fingerprint density at radius 3 is 2.45 bits per heavy atom. The number of ether oxygens (including phenoxy) is 2. The van der Waals surface area contributed by atoms with Crippen molar-refractivity contribution in [2.75, 3.05) is 19.6 Å². The molecule has 3 N–H and O–H groups in total. The summed E-state index contributed by atoms with van der Waals surface area (Å²) in [5.74, 6) is 6.82. The number of nitrogens with two attached hydrogens (primary N) is 1. The molecule has 0 aliphatic rings. The summed E-state index contributed by atoms with van der Waals surface area (Å²) in [6.07, 6.45) is 0.796. The molecule has 0 aliphatic carbocycles. The maximum atomic E-state index is 6.42. The molecule has 1 aromatic carbocycles. The maximum absolute atomic E-state index is 6.42. The lowest BCUT2D eigenvalue weighted by atomic mass is 10.0. The second kappa shape index (κ2) is 5.73. The summed E-state index contributed by atoms with van der Waals surface area (Å²) in [6, 6.07) is 1.73. The monoisotopic (exact) mass is 295 g/mol. The minimum Gasteiger partial charge on any atom is -0.495 e. The average Bonchev–Trinajstić information content (AvgIpc) is 2.46. The van der Waals surface area contributed by atoms with Gasteiger partial charge >= 0.3 is 0 Å². The number of hydrazine groups is 1. The van der Waals surface area contributed by atoms with Gasteiger partial charge in [-0.2, -0.15) is 0 Å². The second-order valence-electron chi connectivity index (χ2n) is 4.37. The Bertz CT molecular complexity index is 659. The third-order valence-corrected chi connectivity index (χ3v) is 3.75. The van der Waals surface area contributed by atoms with Gasteiger partial charge in [-0.05, 0) is 18.9 Å². The van der Waals surface area contributed by atoms with E-state index in [0.29, 0.717) is 27.4 Å². The van der Waals surface area contributed by atoms with E-state index in [9.17, 15) is 0 Å². The van der Waals surface area contributed by atoms with Crippen molar-refractivity contribution in [2.45, 2.75) is 20.3 Å². The quantitative estimate of drug-likeness (QED) is 0.670. The lowest BCUT2D eigenvalue weighted by Crippen LogP contribution is -2.12. The average molecular weight is 296 g/mol. The van der Waals surface area contributed by atoms with Gasteiger partial charge in [0.05, 0.1) is 30.3 Å². The van der Waals surface area contributed by atoms with Crippen molar-refractivity contribution in [3.63, 3.8) is 0 Å². The molecule has 1 heterocycles. The third-order valence-electron chi connectivity index (χ3n) is 3.37. The van der Waals surface area contributed by atoms with Gasteiger partial charge in [0.1, 0.15) is 17.0 Å². The molecule has 108 valence electrons. The number of pyridine rings is 1. The third kappa shape index (κ3) is 2.13. The van der Waals surface area contributed by atoms with Crippen LogP contribution >= 0.6 is 11.6 Å². The van der Waals surface area contributed by atoms with E-state index < -0.39 is 0 Å². The first kappa shape index (κ1) is 14.7. The van der Waals surface area contributed by atoms with E-state index in [1.54, 1.807) is 20.3 Å². The molecule has 0 unspecified atom stereocenters. The number of fused-ring (bicyclic) bond motifs is 1. The van der Waals surface area contributed by atoms with Crippen molar-refractivity contribution in [3.8, 4) is 11.5 Å². The molecule has 1 aromatic heterocycles. The number of halogens is 1. The number of nitrogen functional groups attached to an aromatic ring is 1. The first-order chi connectivity index (χ1) is 9.58. The minimum atomic E-state index is 0.471. The highest BCUT2D eigenvalue weighted by atomic mass is 35.5. The van der Waals surface area contributed by atoms with E-state index in [0.717, 1.165) is 23.4 Å². The van der Waals surface area contributed by atoms with Gasteiger partial charge in [0.15, 0.2) is 0 Å². The molecule has 5 nitrogen and oxygen atoms in total. The van der Waals surface area contributed by atoms with Crippen molar-refractivity contribution in [2.24, 2.45) is 5.84 Å². The molecular formula is C14H18ClN3O2. The predicted molar refractivity (Wildman–Crippen MR) is 81.8 cm³/mol. The summed E-state index contributed by atoms with van der Waals surface area (Å²) in [6.45, 7) is 3.98. The first-order valence-corrected chi connectivity index (χ1v) is 6.67. The molecule has 6 heteroatoms. The van der Waals surface area contributed by atoms with Crippen LogP contribution in [0.3, 0.4) is 0 Å². The molecule has 0 bridgehead atoms. The molecule has 0 aliphatic heterocycles. The molecule has 0 fully saturated rings. The van der Waals surface area contributed by atoms with Gasteiger partial charge in [-0.1, -0.05) is 18.5 Å². The minimum absolute atomic E-state index is 0.471. The summed E-state index contributed by atoms with van der Waals surface area (Å²) < 4.78 is 10.7. The largest absolute Gasteiger partial charge is 0.495 e. The van der Waals surface area contributed by atoms with Crippen LogP contribution in [-0.2, 0) is 6.42 Å². The number of rotatable bonds is 4. The summed E-state index contributed by atoms with van der Waals surface area (Å²) in [4.78, 5) is 4.60. The fraction of sp³-hybridized carbons (Fsp3) is 0.357. The van der Waals surface area contributed by atoms with Crippen LogP contribution in [0.25, 0.3) is 10.9 Å². The second-order valence-corrected chi connectivity index (χ2v) is 4.75. The Balaban J connectivity index is 3.00. The zero-order valence-corrected chi connectivity index (χ0v) is 12.8. The molecule has 0 saturated heterocycles. The number of anilines is 1. The van der Waals surface area contributed by atoms with Crippen molar-refractivity contribution in [1.82, 2.24) is 4.98 Å². The number of aryl methyl sites for hydroxylation is 1. The van der Waals surface area contributed by atoms with Gasteiger partial charge in [-0.3, -0.25) is 5.84 Å². The molecule has 0 atom stereocenters. The maximum Gasteiger partial charge on any atom is 0.148 e. The summed E-state index contributed by atoms with van der Waals surface area (Å²) in [5, 5.41) is 1.19. The van der Waals surface area contributed by atoms with E-state index in [-0.39, 0.29) is 0 Å². The van der Waals surface area contributed by atoms with Crippen molar-refractivity contribution < 1.29 is 9.47 Å². The molecule has 2 aromatic rings. The molecule has 0 amide bonds. The molecule has 0 spiro atoms. The topological polar surface area (TPSA) is 69.4 Å².